The van der Waals surface area contributed by atoms with Gasteiger partial charge in [-0.1, -0.05) is 24.1 Å². The van der Waals surface area contributed by atoms with E-state index in [4.69, 9.17) is 10.1 Å². The molecule has 8 nitrogen and oxygen atoms in total. The van der Waals surface area contributed by atoms with E-state index >= 15 is 0 Å². The van der Waals surface area contributed by atoms with Crippen molar-refractivity contribution < 1.29 is 8.42 Å². The maximum atomic E-state index is 12.0. The molecule has 35 heavy (non-hydrogen) atoms. The third-order valence-electron chi connectivity index (χ3n) is 7.56. The Kier molecular flexibility index (Phi) is 6.25. The Morgan fingerprint density at radius 3 is 2.51 bits per heavy atom. The summed E-state index contributed by atoms with van der Waals surface area (Å²) >= 11 is 0. The molecule has 4 heterocycles. The zero-order chi connectivity index (χ0) is 24.9. The second kappa shape index (κ2) is 9.09. The molecule has 2 aromatic heterocycles. The Morgan fingerprint density at radius 2 is 1.83 bits per heavy atom. The van der Waals surface area contributed by atoms with E-state index in [0.29, 0.717) is 5.69 Å². The van der Waals surface area contributed by atoms with Crippen LogP contribution in [0.1, 0.15) is 72.8 Å². The van der Waals surface area contributed by atoms with Gasteiger partial charge in [-0.2, -0.15) is 9.61 Å². The third kappa shape index (κ3) is 4.63. The van der Waals surface area contributed by atoms with Crippen LogP contribution in [0.3, 0.4) is 0 Å². The fourth-order valence-corrected chi connectivity index (χ4v) is 6.08. The Labute approximate surface area is 208 Å². The van der Waals surface area contributed by atoms with E-state index in [9.17, 15) is 8.42 Å². The number of aromatic nitrogens is 3. The van der Waals surface area contributed by atoms with Gasteiger partial charge >= 0.3 is 0 Å². The number of piperidine rings is 1. The first-order chi connectivity index (χ1) is 16.6. The molecule has 1 unspecified atom stereocenters. The van der Waals surface area contributed by atoms with Crippen LogP contribution >= 0.6 is 0 Å². The quantitative estimate of drug-likeness (QED) is 0.540. The topological polar surface area (TPSA) is 82.8 Å². The van der Waals surface area contributed by atoms with Crippen molar-refractivity contribution >= 4 is 27.2 Å². The number of fused-ring (bicyclic) bond motifs is 1. The molecule has 9 heteroatoms. The fraction of sp³-hybridized carbons (Fsp3) is 0.538. The number of aryl methyl sites for hydroxylation is 2. The molecule has 0 amide bonds. The minimum atomic E-state index is -3.38. The molecule has 0 bridgehead atoms. The number of anilines is 2. The van der Waals surface area contributed by atoms with Crippen LogP contribution in [0.25, 0.3) is 5.65 Å². The Hall–Kier alpha value is -2.65. The van der Waals surface area contributed by atoms with Crippen molar-refractivity contribution in [2.24, 2.45) is 0 Å². The van der Waals surface area contributed by atoms with E-state index in [1.807, 2.05) is 23.6 Å². The number of nitrogens with one attached hydrogen (secondary N) is 1. The van der Waals surface area contributed by atoms with Gasteiger partial charge in [-0.15, -0.1) is 0 Å². The van der Waals surface area contributed by atoms with Gasteiger partial charge in [-0.25, -0.2) is 13.4 Å². The number of likely N-dealkylation sites (tertiary alicyclic amines) is 1. The lowest BCUT2D eigenvalue weighted by Gasteiger charge is -2.40. The summed E-state index contributed by atoms with van der Waals surface area (Å²) in [5.74, 6) is 1.17. The molecule has 0 saturated carbocycles. The molecule has 0 radical (unpaired) electrons. The summed E-state index contributed by atoms with van der Waals surface area (Å²) in [4.78, 5) is 9.74. The Bertz CT molecular complexity index is 1360. The van der Waals surface area contributed by atoms with Crippen LogP contribution in [0.15, 0.2) is 24.3 Å². The highest BCUT2D eigenvalue weighted by Gasteiger charge is 2.32. The van der Waals surface area contributed by atoms with E-state index in [0.717, 1.165) is 67.1 Å². The molecule has 0 aliphatic carbocycles. The molecule has 188 valence electrons. The average molecular weight is 497 g/mol. The maximum Gasteiger partial charge on any atom is 0.229 e. The first-order valence-electron chi connectivity index (χ1n) is 12.6. The van der Waals surface area contributed by atoms with Crippen LogP contribution in [0.4, 0.5) is 11.5 Å². The van der Waals surface area contributed by atoms with E-state index in [1.165, 1.54) is 24.1 Å². The Morgan fingerprint density at radius 1 is 1.06 bits per heavy atom. The lowest BCUT2D eigenvalue weighted by atomic mass is 9.94. The fourth-order valence-electron chi connectivity index (χ4n) is 5.50. The van der Waals surface area contributed by atoms with Crippen molar-refractivity contribution in [1.29, 1.82) is 0 Å². The van der Waals surface area contributed by atoms with Crippen LogP contribution in [-0.2, 0) is 10.0 Å². The molecule has 2 saturated heterocycles. The molecule has 2 aliphatic heterocycles. The predicted octanol–water partition coefficient (Wildman–Crippen LogP) is 4.52. The lowest BCUT2D eigenvalue weighted by molar-refractivity contribution is 0.100. The van der Waals surface area contributed by atoms with Gasteiger partial charge in [0.15, 0.2) is 5.65 Å². The highest BCUT2D eigenvalue weighted by Crippen LogP contribution is 2.40. The van der Waals surface area contributed by atoms with Crippen LogP contribution < -0.4 is 9.62 Å². The summed E-state index contributed by atoms with van der Waals surface area (Å²) in [6.45, 7) is 11.5. The summed E-state index contributed by atoms with van der Waals surface area (Å²) < 4.78 is 28.9. The Balaban J connectivity index is 1.54. The maximum absolute atomic E-state index is 12.0. The number of benzene rings is 1. The molecule has 2 atom stereocenters. The SMILES string of the molecule is Cc1ccc(NS(C)(=O)=O)c(C(C)N2CCCC[C@H]2c2cc3nc(C)c(C)c(N4CCC4)n3n2)c1. The first-order valence-corrected chi connectivity index (χ1v) is 14.5. The molecule has 1 aromatic carbocycles. The van der Waals surface area contributed by atoms with Crippen molar-refractivity contribution in [2.45, 2.75) is 65.5 Å². The summed E-state index contributed by atoms with van der Waals surface area (Å²) in [6, 6.07) is 8.26. The van der Waals surface area contributed by atoms with Crippen molar-refractivity contribution in [3.8, 4) is 0 Å². The molecule has 2 fully saturated rings. The highest BCUT2D eigenvalue weighted by atomic mass is 32.2. The van der Waals surface area contributed by atoms with Crippen LogP contribution in [0, 0.1) is 20.8 Å². The molecule has 5 rings (SSSR count). The van der Waals surface area contributed by atoms with Gasteiger partial charge in [-0.3, -0.25) is 9.62 Å². The number of sulfonamides is 1. The highest BCUT2D eigenvalue weighted by molar-refractivity contribution is 7.92. The van der Waals surface area contributed by atoms with Gasteiger partial charge < -0.3 is 4.90 Å². The largest absolute Gasteiger partial charge is 0.356 e. The van der Waals surface area contributed by atoms with Crippen molar-refractivity contribution in [1.82, 2.24) is 19.5 Å². The average Bonchev–Trinajstić information content (AvgIpc) is 3.18. The monoisotopic (exact) mass is 496 g/mol. The number of hydrogen-bond acceptors (Lipinski definition) is 6. The van der Waals surface area contributed by atoms with E-state index in [1.54, 1.807) is 0 Å². The first kappa shape index (κ1) is 24.1. The van der Waals surface area contributed by atoms with Gasteiger partial charge in [0, 0.05) is 36.5 Å². The van der Waals surface area contributed by atoms with Gasteiger partial charge in [0.25, 0.3) is 0 Å². The predicted molar refractivity (Wildman–Crippen MR) is 141 cm³/mol. The van der Waals surface area contributed by atoms with Gasteiger partial charge in [0.2, 0.25) is 10.0 Å². The number of rotatable bonds is 6. The van der Waals surface area contributed by atoms with E-state index in [-0.39, 0.29) is 12.1 Å². The smallest absolute Gasteiger partial charge is 0.229 e. The summed E-state index contributed by atoms with van der Waals surface area (Å²) in [6.07, 6.45) is 5.70. The number of hydrogen-bond donors (Lipinski definition) is 1. The molecular weight excluding hydrogens is 460 g/mol. The molecule has 2 aliphatic rings. The zero-order valence-corrected chi connectivity index (χ0v) is 22.2. The number of nitrogens with zero attached hydrogens (tertiary/aromatic N) is 5. The van der Waals surface area contributed by atoms with Crippen molar-refractivity contribution in [3.63, 3.8) is 0 Å². The molecular formula is C26H36N6O2S. The van der Waals surface area contributed by atoms with E-state index < -0.39 is 10.0 Å². The second-order valence-electron chi connectivity index (χ2n) is 10.2. The van der Waals surface area contributed by atoms with Crippen LogP contribution in [0.2, 0.25) is 0 Å². The van der Waals surface area contributed by atoms with E-state index in [2.05, 4.69) is 47.4 Å². The molecule has 0 spiro atoms. The standard InChI is InChI=1S/C26H36N6O2S/c1-17-10-11-22(29-35(5,33)34)21(15-17)20(4)31-14-7-6-9-24(31)23-16-25-27-19(3)18(2)26(32(25)28-23)30-12-8-13-30/h10-11,15-16,20,24,29H,6-9,12-14H2,1-5H3/t20?,24-/m0/s1. The van der Waals surface area contributed by atoms with Crippen molar-refractivity contribution in [2.75, 3.05) is 35.5 Å². The zero-order valence-electron chi connectivity index (χ0n) is 21.4. The molecule has 1 N–H and O–H groups in total. The second-order valence-corrected chi connectivity index (χ2v) is 12.0. The minimum absolute atomic E-state index is 0.0283. The summed E-state index contributed by atoms with van der Waals surface area (Å²) in [7, 11) is -3.38. The molecule has 3 aromatic rings. The van der Waals surface area contributed by atoms with Gasteiger partial charge in [-0.05, 0) is 65.1 Å². The van der Waals surface area contributed by atoms with Crippen molar-refractivity contribution in [3.05, 3.63) is 52.3 Å². The van der Waals surface area contributed by atoms with Gasteiger partial charge in [0.1, 0.15) is 5.82 Å². The minimum Gasteiger partial charge on any atom is -0.356 e. The summed E-state index contributed by atoms with van der Waals surface area (Å²) in [5.41, 5.74) is 6.95. The lowest BCUT2D eigenvalue weighted by Crippen LogP contribution is -2.39. The van der Waals surface area contributed by atoms with Crippen LogP contribution in [-0.4, -0.2) is 53.8 Å². The van der Waals surface area contributed by atoms with Crippen LogP contribution in [0.5, 0.6) is 0 Å². The summed E-state index contributed by atoms with van der Waals surface area (Å²) in [5, 5.41) is 5.13. The van der Waals surface area contributed by atoms with Gasteiger partial charge in [0.05, 0.1) is 23.7 Å². The third-order valence-corrected chi connectivity index (χ3v) is 8.15. The normalized spacial score (nSPS) is 20.1.